The fraction of sp³-hybridized carbons (Fsp3) is 0.500. The molecule has 2 atom stereocenters. The van der Waals surface area contributed by atoms with Gasteiger partial charge in [-0.2, -0.15) is 0 Å². The fourth-order valence-corrected chi connectivity index (χ4v) is 3.34. The second-order valence-corrected chi connectivity index (χ2v) is 6.22. The highest BCUT2D eigenvalue weighted by Gasteiger charge is 2.44. The maximum absolute atomic E-state index is 11.4. The molecule has 0 bridgehead atoms. The minimum Gasteiger partial charge on any atom is -0.389 e. The van der Waals surface area contributed by atoms with Crippen LogP contribution < -0.4 is 0 Å². The molecule has 2 unspecified atom stereocenters. The smallest absolute Gasteiger partial charge is 0.166 e. The van der Waals surface area contributed by atoms with Crippen molar-refractivity contribution in [2.24, 2.45) is 0 Å². The minimum atomic E-state index is -3.23. The molecule has 1 aliphatic heterocycles. The highest BCUT2D eigenvalue weighted by atomic mass is 32.2. The van der Waals surface area contributed by atoms with Crippen molar-refractivity contribution in [1.29, 1.82) is 0 Å². The molecule has 0 spiro atoms. The van der Waals surface area contributed by atoms with Crippen LogP contribution in [0.4, 0.5) is 0 Å². The van der Waals surface area contributed by atoms with E-state index < -0.39 is 21.3 Å². The first-order valence-electron chi connectivity index (χ1n) is 4.98. The first kappa shape index (κ1) is 11.5. The number of nitrogens with zero attached hydrogens (tertiary/aromatic N) is 2. The van der Waals surface area contributed by atoms with E-state index in [1.54, 1.807) is 23.4 Å². The highest BCUT2D eigenvalue weighted by Crippen LogP contribution is 2.24. The lowest BCUT2D eigenvalue weighted by atomic mass is 10.1. The second kappa shape index (κ2) is 4.12. The topological polar surface area (TPSA) is 70.5 Å². The summed E-state index contributed by atoms with van der Waals surface area (Å²) in [5.74, 6) is 0. The summed E-state index contributed by atoms with van der Waals surface area (Å²) in [6.45, 7) is 0.898. The van der Waals surface area contributed by atoms with E-state index in [1.807, 2.05) is 6.07 Å². The van der Waals surface area contributed by atoms with Crippen LogP contribution in [0.15, 0.2) is 24.5 Å². The van der Waals surface area contributed by atoms with Crippen molar-refractivity contribution >= 4 is 9.84 Å². The number of aliphatic hydroxyl groups is 1. The molecule has 16 heavy (non-hydrogen) atoms. The van der Waals surface area contributed by atoms with Crippen molar-refractivity contribution in [1.82, 2.24) is 9.88 Å². The molecule has 1 aliphatic rings. The summed E-state index contributed by atoms with van der Waals surface area (Å²) in [4.78, 5) is 5.70. The Balaban J connectivity index is 2.08. The van der Waals surface area contributed by atoms with E-state index in [4.69, 9.17) is 0 Å². The number of likely N-dealkylation sites (tertiary alicyclic amines) is 1. The predicted molar refractivity (Wildman–Crippen MR) is 59.3 cm³/mol. The van der Waals surface area contributed by atoms with Gasteiger partial charge in [-0.25, -0.2) is 8.42 Å². The van der Waals surface area contributed by atoms with Crippen molar-refractivity contribution in [3.05, 3.63) is 30.1 Å². The van der Waals surface area contributed by atoms with Gasteiger partial charge in [0.1, 0.15) is 5.37 Å². The largest absolute Gasteiger partial charge is 0.389 e. The van der Waals surface area contributed by atoms with Crippen LogP contribution in [-0.4, -0.2) is 47.7 Å². The number of hydrogen-bond donors (Lipinski definition) is 1. The molecule has 1 N–H and O–H groups in total. The van der Waals surface area contributed by atoms with Gasteiger partial charge in [-0.15, -0.1) is 0 Å². The number of hydrogen-bond acceptors (Lipinski definition) is 5. The van der Waals surface area contributed by atoms with Crippen LogP contribution in [-0.2, 0) is 16.4 Å². The molecule has 1 saturated heterocycles. The van der Waals surface area contributed by atoms with Crippen molar-refractivity contribution in [2.45, 2.75) is 18.0 Å². The lowest BCUT2D eigenvalue weighted by molar-refractivity contribution is -0.0264. The standard InChI is InChI=1S/C10H14N2O3S/c1-16(14,15)10-9(13)7-12(10)6-8-3-2-4-11-5-8/h2-5,9-10,13H,6-7H2,1H3. The second-order valence-electron chi connectivity index (χ2n) is 4.08. The van der Waals surface area contributed by atoms with E-state index in [9.17, 15) is 13.5 Å². The van der Waals surface area contributed by atoms with Crippen molar-refractivity contribution in [3.8, 4) is 0 Å². The summed E-state index contributed by atoms with van der Waals surface area (Å²) in [5.41, 5.74) is 0.947. The molecule has 1 aromatic rings. The summed E-state index contributed by atoms with van der Waals surface area (Å²) in [7, 11) is -3.23. The van der Waals surface area contributed by atoms with Gasteiger partial charge in [0.25, 0.3) is 0 Å². The Morgan fingerprint density at radius 3 is 2.88 bits per heavy atom. The lowest BCUT2D eigenvalue weighted by Crippen LogP contribution is -2.62. The number of β-amino-alcohol motifs (C(OH)–C–C–N with tert-alkyl or cyclic N) is 1. The SMILES string of the molecule is CS(=O)(=O)C1C(O)CN1Cc1cccnc1. The van der Waals surface area contributed by atoms with Gasteiger partial charge in [-0.1, -0.05) is 6.07 Å². The molecule has 0 radical (unpaired) electrons. The van der Waals surface area contributed by atoms with Crippen LogP contribution in [0.2, 0.25) is 0 Å². The Kier molecular flexibility index (Phi) is 2.96. The molecule has 0 aromatic carbocycles. The third-order valence-corrected chi connectivity index (χ3v) is 4.15. The van der Waals surface area contributed by atoms with Crippen molar-refractivity contribution in [2.75, 3.05) is 12.8 Å². The van der Waals surface area contributed by atoms with Crippen molar-refractivity contribution in [3.63, 3.8) is 0 Å². The predicted octanol–water partition coefficient (Wildman–Crippen LogP) is -0.371. The summed E-state index contributed by atoms with van der Waals surface area (Å²) in [5, 5.41) is 8.68. The van der Waals surface area contributed by atoms with Gasteiger partial charge in [0, 0.05) is 31.7 Å². The molecule has 2 heterocycles. The molecule has 0 amide bonds. The highest BCUT2D eigenvalue weighted by molar-refractivity contribution is 7.91. The van der Waals surface area contributed by atoms with Crippen molar-refractivity contribution < 1.29 is 13.5 Å². The molecule has 1 fully saturated rings. The average Bonchev–Trinajstić information content (AvgIpc) is 2.15. The summed E-state index contributed by atoms with van der Waals surface area (Å²) >= 11 is 0. The zero-order chi connectivity index (χ0) is 11.8. The van der Waals surface area contributed by atoms with E-state index in [-0.39, 0.29) is 0 Å². The van der Waals surface area contributed by atoms with Crippen LogP contribution in [0.1, 0.15) is 5.56 Å². The number of aromatic nitrogens is 1. The van der Waals surface area contributed by atoms with Gasteiger partial charge in [0.15, 0.2) is 9.84 Å². The maximum atomic E-state index is 11.4. The molecule has 88 valence electrons. The minimum absolute atomic E-state index is 0.395. The third kappa shape index (κ3) is 2.23. The normalized spacial score (nSPS) is 26.4. The van der Waals surface area contributed by atoms with Crippen LogP contribution in [0, 0.1) is 0 Å². The fourth-order valence-electron chi connectivity index (χ4n) is 1.98. The quantitative estimate of drug-likeness (QED) is 0.783. The van der Waals surface area contributed by atoms with E-state index >= 15 is 0 Å². The monoisotopic (exact) mass is 242 g/mol. The Hall–Kier alpha value is -0.980. The first-order valence-corrected chi connectivity index (χ1v) is 6.94. The first-order chi connectivity index (χ1) is 7.48. The van der Waals surface area contributed by atoms with Crippen LogP contribution >= 0.6 is 0 Å². The lowest BCUT2D eigenvalue weighted by Gasteiger charge is -2.43. The summed E-state index contributed by atoms with van der Waals surface area (Å²) in [6, 6.07) is 3.69. The molecule has 1 aromatic heterocycles. The van der Waals surface area contributed by atoms with Gasteiger partial charge >= 0.3 is 0 Å². The van der Waals surface area contributed by atoms with Gasteiger partial charge in [0.05, 0.1) is 6.10 Å². The summed E-state index contributed by atoms with van der Waals surface area (Å²) < 4.78 is 22.8. The van der Waals surface area contributed by atoms with Gasteiger partial charge < -0.3 is 5.11 Å². The van der Waals surface area contributed by atoms with E-state index in [1.165, 1.54) is 0 Å². The molecule has 5 nitrogen and oxygen atoms in total. The van der Waals surface area contributed by atoms with E-state index in [0.717, 1.165) is 11.8 Å². The van der Waals surface area contributed by atoms with Crippen LogP contribution in [0.25, 0.3) is 0 Å². The zero-order valence-electron chi connectivity index (χ0n) is 8.94. The zero-order valence-corrected chi connectivity index (χ0v) is 9.76. The van der Waals surface area contributed by atoms with Gasteiger partial charge in [-0.05, 0) is 11.6 Å². The number of pyridine rings is 1. The number of rotatable bonds is 3. The van der Waals surface area contributed by atoms with Gasteiger partial charge in [-0.3, -0.25) is 9.88 Å². The third-order valence-electron chi connectivity index (χ3n) is 2.66. The maximum Gasteiger partial charge on any atom is 0.166 e. The molecular weight excluding hydrogens is 228 g/mol. The Bertz CT molecular complexity index is 460. The average molecular weight is 242 g/mol. The molecule has 2 rings (SSSR count). The summed E-state index contributed by atoms with van der Waals surface area (Å²) in [6.07, 6.45) is 3.75. The number of sulfone groups is 1. The van der Waals surface area contributed by atoms with Crippen LogP contribution in [0.3, 0.4) is 0 Å². The molecule has 6 heteroatoms. The van der Waals surface area contributed by atoms with E-state index in [2.05, 4.69) is 4.98 Å². The van der Waals surface area contributed by atoms with Gasteiger partial charge in [0.2, 0.25) is 0 Å². The molecular formula is C10H14N2O3S. The molecule has 0 saturated carbocycles. The van der Waals surface area contributed by atoms with Crippen LogP contribution in [0.5, 0.6) is 0 Å². The molecule has 0 aliphatic carbocycles. The Morgan fingerprint density at radius 1 is 1.62 bits per heavy atom. The Morgan fingerprint density at radius 2 is 2.38 bits per heavy atom. The Labute approximate surface area is 94.6 Å². The van der Waals surface area contributed by atoms with E-state index in [0.29, 0.717) is 13.1 Å². The number of aliphatic hydroxyl groups excluding tert-OH is 1.